The highest BCUT2D eigenvalue weighted by molar-refractivity contribution is 5.66. The van der Waals surface area contributed by atoms with Crippen molar-refractivity contribution in [2.24, 2.45) is 0 Å². The van der Waals surface area contributed by atoms with Gasteiger partial charge in [0.15, 0.2) is 6.10 Å². The van der Waals surface area contributed by atoms with Crippen LogP contribution >= 0.6 is 0 Å². The number of carbonyl (C=O) groups is 1. The predicted molar refractivity (Wildman–Crippen MR) is 55.9 cm³/mol. The van der Waals surface area contributed by atoms with Gasteiger partial charge in [-0.3, -0.25) is 4.79 Å². The van der Waals surface area contributed by atoms with Gasteiger partial charge < -0.3 is 10.1 Å². The second-order valence-electron chi connectivity index (χ2n) is 3.72. The topological polar surface area (TPSA) is 62.1 Å². The quantitative estimate of drug-likeness (QED) is 0.558. The highest BCUT2D eigenvalue weighted by Crippen LogP contribution is 2.17. The maximum Gasteiger partial charge on any atom is 0.303 e. The lowest BCUT2D eigenvalue weighted by atomic mass is 9.96. The van der Waals surface area contributed by atoms with E-state index in [0.717, 1.165) is 25.8 Å². The number of nitrogens with zero attached hydrogens (tertiary/aromatic N) is 1. The summed E-state index contributed by atoms with van der Waals surface area (Å²) in [5.74, 6) is -0.372. The van der Waals surface area contributed by atoms with Crippen molar-refractivity contribution < 1.29 is 9.53 Å². The number of hydrogen-bond acceptors (Lipinski definition) is 4. The van der Waals surface area contributed by atoms with Crippen molar-refractivity contribution in [1.29, 1.82) is 5.26 Å². The molecule has 0 aromatic heterocycles. The molecule has 4 heteroatoms. The Hall–Kier alpha value is -1.34. The standard InChI is InChI=1S/C11H16N2O2/c1-8(7-12)11(15-9(2)14)10-5-3-4-6-13-10/h10-11,13H,1,3-6H2,2H3. The molecule has 82 valence electrons. The van der Waals surface area contributed by atoms with E-state index in [1.54, 1.807) is 0 Å². The molecule has 0 aromatic rings. The van der Waals surface area contributed by atoms with Gasteiger partial charge in [0, 0.05) is 13.0 Å². The average Bonchev–Trinajstić information content (AvgIpc) is 2.26. The zero-order chi connectivity index (χ0) is 11.3. The molecule has 1 aliphatic rings. The number of hydrogen-bond donors (Lipinski definition) is 1. The Morgan fingerprint density at radius 3 is 2.87 bits per heavy atom. The Balaban J connectivity index is 2.66. The first-order valence-corrected chi connectivity index (χ1v) is 5.14. The largest absolute Gasteiger partial charge is 0.455 e. The first-order chi connectivity index (χ1) is 7.15. The van der Waals surface area contributed by atoms with Gasteiger partial charge in [0.05, 0.1) is 11.6 Å². The summed E-state index contributed by atoms with van der Waals surface area (Å²) in [4.78, 5) is 10.9. The molecule has 0 saturated carbocycles. The number of ether oxygens (including phenoxy) is 1. The number of nitriles is 1. The Kier molecular flexibility index (Phi) is 4.32. The molecule has 0 radical (unpaired) electrons. The fourth-order valence-electron chi connectivity index (χ4n) is 1.78. The van der Waals surface area contributed by atoms with Crippen LogP contribution in [0.5, 0.6) is 0 Å². The maximum atomic E-state index is 10.9. The van der Waals surface area contributed by atoms with Gasteiger partial charge in [0.2, 0.25) is 0 Å². The third-order valence-electron chi connectivity index (χ3n) is 2.49. The number of carbonyl (C=O) groups excluding carboxylic acids is 1. The number of nitrogens with one attached hydrogen (secondary N) is 1. The van der Waals surface area contributed by atoms with Crippen LogP contribution in [0.3, 0.4) is 0 Å². The van der Waals surface area contributed by atoms with Gasteiger partial charge >= 0.3 is 5.97 Å². The van der Waals surface area contributed by atoms with E-state index in [0.29, 0.717) is 5.57 Å². The van der Waals surface area contributed by atoms with E-state index in [1.165, 1.54) is 6.92 Å². The molecule has 0 aliphatic carbocycles. The summed E-state index contributed by atoms with van der Waals surface area (Å²) >= 11 is 0. The van der Waals surface area contributed by atoms with Gasteiger partial charge in [-0.05, 0) is 19.4 Å². The SMILES string of the molecule is C=C(C#N)C(OC(C)=O)C1CCCCN1. The number of rotatable bonds is 3. The number of esters is 1. The molecule has 0 spiro atoms. The maximum absolute atomic E-state index is 10.9. The summed E-state index contributed by atoms with van der Waals surface area (Å²) in [7, 11) is 0. The zero-order valence-corrected chi connectivity index (χ0v) is 8.95. The van der Waals surface area contributed by atoms with Crippen molar-refractivity contribution in [2.75, 3.05) is 6.54 Å². The van der Waals surface area contributed by atoms with E-state index >= 15 is 0 Å². The molecule has 2 unspecified atom stereocenters. The van der Waals surface area contributed by atoms with Gasteiger partial charge in [0.25, 0.3) is 0 Å². The smallest absolute Gasteiger partial charge is 0.303 e. The molecule has 1 aliphatic heterocycles. The first kappa shape index (κ1) is 11.7. The second kappa shape index (κ2) is 5.52. The van der Waals surface area contributed by atoms with Gasteiger partial charge in [-0.1, -0.05) is 13.0 Å². The van der Waals surface area contributed by atoms with Crippen molar-refractivity contribution in [3.63, 3.8) is 0 Å². The molecule has 0 bridgehead atoms. The van der Waals surface area contributed by atoms with Crippen molar-refractivity contribution in [3.05, 3.63) is 12.2 Å². The minimum Gasteiger partial charge on any atom is -0.455 e. The highest BCUT2D eigenvalue weighted by Gasteiger charge is 2.28. The summed E-state index contributed by atoms with van der Waals surface area (Å²) in [6.45, 7) is 5.88. The minimum absolute atomic E-state index is 0.0369. The van der Waals surface area contributed by atoms with E-state index in [2.05, 4.69) is 11.9 Å². The van der Waals surface area contributed by atoms with Crippen molar-refractivity contribution in [3.8, 4) is 6.07 Å². The van der Waals surface area contributed by atoms with Crippen LogP contribution < -0.4 is 5.32 Å². The summed E-state index contributed by atoms with van der Waals surface area (Å²) in [5, 5.41) is 12.0. The normalized spacial score (nSPS) is 22.5. The van der Waals surface area contributed by atoms with E-state index < -0.39 is 6.10 Å². The highest BCUT2D eigenvalue weighted by atomic mass is 16.5. The lowest BCUT2D eigenvalue weighted by Gasteiger charge is -2.30. The van der Waals surface area contributed by atoms with Crippen molar-refractivity contribution >= 4 is 5.97 Å². The Morgan fingerprint density at radius 2 is 2.40 bits per heavy atom. The Bertz CT molecular complexity index is 287. The molecule has 15 heavy (non-hydrogen) atoms. The summed E-state index contributed by atoms with van der Waals surface area (Å²) in [6.07, 6.45) is 2.63. The van der Waals surface area contributed by atoms with E-state index in [1.807, 2.05) is 6.07 Å². The van der Waals surface area contributed by atoms with E-state index in [4.69, 9.17) is 10.00 Å². The van der Waals surface area contributed by atoms with Gasteiger partial charge in [-0.25, -0.2) is 0 Å². The first-order valence-electron chi connectivity index (χ1n) is 5.14. The fraction of sp³-hybridized carbons (Fsp3) is 0.636. The van der Waals surface area contributed by atoms with Gasteiger partial charge in [-0.15, -0.1) is 0 Å². The molecule has 4 nitrogen and oxygen atoms in total. The van der Waals surface area contributed by atoms with Gasteiger partial charge in [-0.2, -0.15) is 5.26 Å². The predicted octanol–water partition coefficient (Wildman–Crippen LogP) is 1.14. The molecular formula is C11H16N2O2. The summed E-state index contributed by atoms with van der Waals surface area (Å²) in [6, 6.07) is 1.99. The van der Waals surface area contributed by atoms with Crippen LogP contribution in [-0.2, 0) is 9.53 Å². The molecule has 0 aromatic carbocycles. The van der Waals surface area contributed by atoms with Crippen LogP contribution in [0.1, 0.15) is 26.2 Å². The van der Waals surface area contributed by atoms with E-state index in [9.17, 15) is 4.79 Å². The molecule has 1 N–H and O–H groups in total. The third-order valence-corrected chi connectivity index (χ3v) is 2.49. The van der Waals surface area contributed by atoms with Gasteiger partial charge in [0.1, 0.15) is 0 Å². The third kappa shape index (κ3) is 3.37. The van der Waals surface area contributed by atoms with Crippen LogP contribution in [0.15, 0.2) is 12.2 Å². The van der Waals surface area contributed by atoms with Crippen LogP contribution in [-0.4, -0.2) is 24.7 Å². The fourth-order valence-corrected chi connectivity index (χ4v) is 1.78. The molecular weight excluding hydrogens is 192 g/mol. The molecule has 2 atom stereocenters. The summed E-state index contributed by atoms with van der Waals surface area (Å²) in [5.41, 5.74) is 0.310. The molecule has 1 saturated heterocycles. The average molecular weight is 208 g/mol. The lowest BCUT2D eigenvalue weighted by molar-refractivity contribution is -0.145. The molecule has 1 heterocycles. The number of piperidine rings is 1. The second-order valence-corrected chi connectivity index (χ2v) is 3.72. The van der Waals surface area contributed by atoms with Crippen LogP contribution in [0, 0.1) is 11.3 Å². The lowest BCUT2D eigenvalue weighted by Crippen LogP contribution is -2.45. The van der Waals surface area contributed by atoms with Crippen LogP contribution in [0.4, 0.5) is 0 Å². The van der Waals surface area contributed by atoms with Crippen molar-refractivity contribution in [2.45, 2.75) is 38.3 Å². The minimum atomic E-state index is -0.507. The summed E-state index contributed by atoms with van der Waals surface area (Å²) < 4.78 is 5.12. The van der Waals surface area contributed by atoms with Crippen LogP contribution in [0.25, 0.3) is 0 Å². The van der Waals surface area contributed by atoms with Crippen molar-refractivity contribution in [1.82, 2.24) is 5.32 Å². The monoisotopic (exact) mass is 208 g/mol. The molecule has 0 amide bonds. The Labute approximate surface area is 89.9 Å². The van der Waals surface area contributed by atoms with E-state index in [-0.39, 0.29) is 12.0 Å². The van der Waals surface area contributed by atoms with Crippen LogP contribution in [0.2, 0.25) is 0 Å². The molecule has 1 rings (SSSR count). The zero-order valence-electron chi connectivity index (χ0n) is 8.95. The molecule has 1 fully saturated rings. The Morgan fingerprint density at radius 1 is 1.67 bits per heavy atom.